The van der Waals surface area contributed by atoms with Gasteiger partial charge in [-0.1, -0.05) is 6.58 Å². The molecule has 1 heterocycles. The van der Waals surface area contributed by atoms with Gasteiger partial charge in [0.25, 0.3) is 5.91 Å². The van der Waals surface area contributed by atoms with E-state index in [9.17, 15) is 9.59 Å². The summed E-state index contributed by atoms with van der Waals surface area (Å²) in [5.41, 5.74) is 0.176. The first-order valence-corrected chi connectivity index (χ1v) is 4.17. The molecule has 1 aliphatic rings. The molecule has 0 saturated carbocycles. The summed E-state index contributed by atoms with van der Waals surface area (Å²) < 4.78 is 0. The van der Waals surface area contributed by atoms with E-state index in [0.717, 1.165) is 6.54 Å². The lowest BCUT2D eigenvalue weighted by molar-refractivity contribution is -0.132. The third-order valence-corrected chi connectivity index (χ3v) is 1.47. The second-order valence-electron chi connectivity index (χ2n) is 2.79. The molecule has 1 rings (SSSR count). The Morgan fingerprint density at radius 3 is 2.43 bits per heavy atom. The van der Waals surface area contributed by atoms with Crippen LogP contribution in [0, 0.1) is 0 Å². The monoisotopic (exact) mass is 198 g/mol. The molecule has 0 bridgehead atoms. The number of hydrogen-bond donors (Lipinski definition) is 1. The second-order valence-corrected chi connectivity index (χ2v) is 2.79. The average Bonchev–Trinajstić information content (AvgIpc) is 2.52. The molecular formula is C9H14N2O3. The maximum absolute atomic E-state index is 10.4. The Morgan fingerprint density at radius 2 is 2.29 bits per heavy atom. The van der Waals surface area contributed by atoms with Crippen LogP contribution in [0.3, 0.4) is 0 Å². The maximum atomic E-state index is 10.4. The number of rotatable bonds is 2. The highest BCUT2D eigenvalue weighted by atomic mass is 16.4. The van der Waals surface area contributed by atoms with Gasteiger partial charge in [-0.05, 0) is 13.8 Å². The van der Waals surface area contributed by atoms with Crippen molar-refractivity contribution in [1.82, 2.24) is 4.90 Å². The van der Waals surface area contributed by atoms with Gasteiger partial charge in [-0.15, -0.1) is 0 Å². The topological polar surface area (TPSA) is 70.0 Å². The molecule has 0 aliphatic carbocycles. The van der Waals surface area contributed by atoms with Crippen LogP contribution in [-0.4, -0.2) is 41.3 Å². The summed E-state index contributed by atoms with van der Waals surface area (Å²) in [6, 6.07) is 0. The molecule has 0 aromatic heterocycles. The van der Waals surface area contributed by atoms with Gasteiger partial charge in [0.2, 0.25) is 0 Å². The fourth-order valence-electron chi connectivity index (χ4n) is 0.595. The Balaban J connectivity index is 0.000000255. The van der Waals surface area contributed by atoms with Gasteiger partial charge in [0, 0.05) is 12.1 Å². The zero-order chi connectivity index (χ0) is 11.1. The van der Waals surface area contributed by atoms with Crippen LogP contribution in [0.1, 0.15) is 13.8 Å². The van der Waals surface area contributed by atoms with Crippen molar-refractivity contribution >= 4 is 18.2 Å². The lowest BCUT2D eigenvalue weighted by Crippen LogP contribution is -2.20. The Bertz CT molecular complexity index is 259. The predicted molar refractivity (Wildman–Crippen MR) is 53.2 cm³/mol. The number of carboxylic acid groups (broad SMARTS) is 1. The van der Waals surface area contributed by atoms with E-state index in [1.807, 2.05) is 11.8 Å². The van der Waals surface area contributed by atoms with E-state index in [4.69, 9.17) is 5.11 Å². The van der Waals surface area contributed by atoms with E-state index in [1.54, 1.807) is 6.34 Å². The van der Waals surface area contributed by atoms with Crippen molar-refractivity contribution in [2.24, 2.45) is 4.99 Å². The molecule has 0 radical (unpaired) electrons. The molecule has 5 heteroatoms. The van der Waals surface area contributed by atoms with E-state index >= 15 is 0 Å². The quantitative estimate of drug-likeness (QED) is 0.657. The number of carbonyl (C=O) groups is 2. The summed E-state index contributed by atoms with van der Waals surface area (Å²) in [5.74, 6) is -0.971. The minimum atomic E-state index is -0.935. The van der Waals surface area contributed by atoms with Crippen LogP contribution >= 0.6 is 0 Å². The van der Waals surface area contributed by atoms with Gasteiger partial charge in [-0.3, -0.25) is 4.79 Å². The first kappa shape index (κ1) is 12.3. The molecule has 0 atom stereocenters. The number of likely N-dealkylation sites (N-methyl/N-ethyl adjacent to an activating group) is 1. The van der Waals surface area contributed by atoms with Crippen LogP contribution in [-0.2, 0) is 9.59 Å². The summed E-state index contributed by atoms with van der Waals surface area (Å²) in [5, 5.41) is 7.89. The van der Waals surface area contributed by atoms with Gasteiger partial charge in [-0.2, -0.15) is 0 Å². The maximum Gasteiger partial charge on any atom is 0.330 e. The van der Waals surface area contributed by atoms with Gasteiger partial charge in [0.15, 0.2) is 0 Å². The molecule has 0 fully saturated rings. The second kappa shape index (κ2) is 5.90. The fourth-order valence-corrected chi connectivity index (χ4v) is 0.595. The van der Waals surface area contributed by atoms with Crippen LogP contribution in [0.5, 0.6) is 0 Å². The summed E-state index contributed by atoms with van der Waals surface area (Å²) in [6.45, 7) is 7.93. The molecular weight excluding hydrogens is 184 g/mol. The zero-order valence-corrected chi connectivity index (χ0v) is 8.36. The summed E-state index contributed by atoms with van der Waals surface area (Å²) in [4.78, 5) is 25.4. The third-order valence-electron chi connectivity index (χ3n) is 1.47. The van der Waals surface area contributed by atoms with E-state index < -0.39 is 5.97 Å². The highest BCUT2D eigenvalue weighted by molar-refractivity contribution is 5.91. The van der Waals surface area contributed by atoms with Crippen LogP contribution in [0.25, 0.3) is 0 Å². The number of hydrogen-bond acceptors (Lipinski definition) is 3. The van der Waals surface area contributed by atoms with Crippen molar-refractivity contribution in [3.8, 4) is 0 Å². The first-order chi connectivity index (χ1) is 6.47. The largest absolute Gasteiger partial charge is 0.478 e. The molecule has 0 aromatic rings. The number of carboxylic acids is 1. The van der Waals surface area contributed by atoms with Crippen molar-refractivity contribution < 1.29 is 14.7 Å². The van der Waals surface area contributed by atoms with Crippen LogP contribution in [0.4, 0.5) is 0 Å². The van der Waals surface area contributed by atoms with E-state index in [0.29, 0.717) is 6.54 Å². The number of aliphatic imine (C=N–C) groups is 1. The minimum absolute atomic E-state index is 0.0353. The minimum Gasteiger partial charge on any atom is -0.478 e. The van der Waals surface area contributed by atoms with Crippen LogP contribution in [0.15, 0.2) is 17.1 Å². The standard InChI is InChI=1S/C5H8N2O.C4H6O2/c1-2-7-3-5(8)6-4-7;1-3(2)4(5)6/h4H,2-3H2,1H3;1H2,2H3,(H,5,6). The molecule has 1 aliphatic heterocycles. The summed E-state index contributed by atoms with van der Waals surface area (Å²) >= 11 is 0. The number of nitrogens with zero attached hydrogens (tertiary/aromatic N) is 2. The first-order valence-electron chi connectivity index (χ1n) is 4.17. The normalized spacial score (nSPS) is 13.6. The molecule has 14 heavy (non-hydrogen) atoms. The Hall–Kier alpha value is -1.65. The van der Waals surface area contributed by atoms with Crippen LogP contribution < -0.4 is 0 Å². The molecule has 0 saturated heterocycles. The van der Waals surface area contributed by atoms with Gasteiger partial charge in [-0.25, -0.2) is 9.79 Å². The molecule has 0 unspecified atom stereocenters. The molecule has 1 amide bonds. The van der Waals surface area contributed by atoms with Crippen molar-refractivity contribution in [1.29, 1.82) is 0 Å². The molecule has 0 aromatic carbocycles. The molecule has 0 spiro atoms. The van der Waals surface area contributed by atoms with E-state index in [1.165, 1.54) is 6.92 Å². The average molecular weight is 198 g/mol. The number of carbonyl (C=O) groups excluding carboxylic acids is 1. The van der Waals surface area contributed by atoms with Crippen molar-refractivity contribution in [3.63, 3.8) is 0 Å². The molecule has 1 N–H and O–H groups in total. The summed E-state index contributed by atoms with van der Waals surface area (Å²) in [7, 11) is 0. The van der Waals surface area contributed by atoms with E-state index in [2.05, 4.69) is 11.6 Å². The zero-order valence-electron chi connectivity index (χ0n) is 8.36. The van der Waals surface area contributed by atoms with Crippen LogP contribution in [0.2, 0.25) is 0 Å². The lowest BCUT2D eigenvalue weighted by atomic mass is 10.4. The smallest absolute Gasteiger partial charge is 0.330 e. The third kappa shape index (κ3) is 5.08. The summed E-state index contributed by atoms with van der Waals surface area (Å²) in [6.07, 6.45) is 1.59. The van der Waals surface area contributed by atoms with Gasteiger partial charge >= 0.3 is 5.97 Å². The highest BCUT2D eigenvalue weighted by Crippen LogP contribution is 1.92. The Labute approximate surface area is 82.7 Å². The fraction of sp³-hybridized carbons (Fsp3) is 0.444. The highest BCUT2D eigenvalue weighted by Gasteiger charge is 2.09. The number of amides is 1. The van der Waals surface area contributed by atoms with Crippen molar-refractivity contribution in [3.05, 3.63) is 12.2 Å². The number of aliphatic carboxylic acids is 1. The SMILES string of the molecule is C=C(C)C(=O)O.CCN1C=NC(=O)C1. The van der Waals surface area contributed by atoms with Gasteiger partial charge < -0.3 is 10.0 Å². The van der Waals surface area contributed by atoms with Gasteiger partial charge in [0.1, 0.15) is 6.54 Å². The Kier molecular flexibility index (Phi) is 5.21. The van der Waals surface area contributed by atoms with Crippen molar-refractivity contribution in [2.75, 3.05) is 13.1 Å². The van der Waals surface area contributed by atoms with Crippen molar-refractivity contribution in [2.45, 2.75) is 13.8 Å². The predicted octanol–water partition coefficient (Wildman–Crippen LogP) is 0.524. The van der Waals surface area contributed by atoms with Gasteiger partial charge in [0.05, 0.1) is 6.34 Å². The Morgan fingerprint density at radius 1 is 1.79 bits per heavy atom. The molecule has 78 valence electrons. The molecule has 5 nitrogen and oxygen atoms in total. The van der Waals surface area contributed by atoms with E-state index in [-0.39, 0.29) is 11.5 Å². The lowest BCUT2D eigenvalue weighted by Gasteiger charge is -2.05.